The van der Waals surface area contributed by atoms with Crippen molar-refractivity contribution >= 4 is 22.5 Å². The minimum absolute atomic E-state index is 0.0243. The molecule has 0 saturated carbocycles. The monoisotopic (exact) mass is 215 g/mol. The van der Waals surface area contributed by atoms with Gasteiger partial charge in [-0.25, -0.2) is 14.0 Å². The largest absolute Gasteiger partial charge is 0.419 e. The van der Waals surface area contributed by atoms with Crippen molar-refractivity contribution in [2.45, 2.75) is 0 Å². The second-order valence-electron chi connectivity index (χ2n) is 2.61. The maximum Gasteiger partial charge on any atom is 0.419 e. The number of hydrogen-bond donors (Lipinski definition) is 1. The van der Waals surface area contributed by atoms with Crippen LogP contribution in [0.5, 0.6) is 0 Å². The quantitative estimate of drug-likeness (QED) is 0.720. The first-order valence-electron chi connectivity index (χ1n) is 3.60. The molecule has 0 amide bonds. The molecule has 0 atom stereocenters. The molecule has 6 heteroatoms. The Bertz CT molecular complexity index is 616. The summed E-state index contributed by atoms with van der Waals surface area (Å²) in [6, 6.07) is 1.97. The van der Waals surface area contributed by atoms with Crippen LogP contribution in [-0.4, -0.2) is 4.98 Å². The summed E-state index contributed by atoms with van der Waals surface area (Å²) < 4.78 is 17.1. The molecule has 14 heavy (non-hydrogen) atoms. The van der Waals surface area contributed by atoms with Crippen LogP contribution in [0.3, 0.4) is 0 Å². The van der Waals surface area contributed by atoms with E-state index in [0.29, 0.717) is 0 Å². The summed E-state index contributed by atoms with van der Waals surface area (Å²) in [4.78, 5) is 24.0. The van der Waals surface area contributed by atoms with E-state index in [9.17, 15) is 14.0 Å². The maximum absolute atomic E-state index is 12.8. The van der Waals surface area contributed by atoms with Gasteiger partial charge in [-0.2, -0.15) is 0 Å². The normalized spacial score (nSPS) is 10.7. The molecule has 1 heterocycles. The Labute approximate surface area is 80.9 Å². The van der Waals surface area contributed by atoms with Crippen molar-refractivity contribution in [1.29, 1.82) is 0 Å². The summed E-state index contributed by atoms with van der Waals surface area (Å²) in [6.45, 7) is 0. The Balaban J connectivity index is 3.10. The van der Waals surface area contributed by atoms with Crippen LogP contribution in [-0.2, 0) is 0 Å². The minimum Gasteiger partial charge on any atom is -0.372 e. The highest BCUT2D eigenvalue weighted by atomic mass is 35.5. The lowest BCUT2D eigenvalue weighted by molar-refractivity contribution is 0.460. The average Bonchev–Trinajstić information content (AvgIpc) is 1.99. The van der Waals surface area contributed by atoms with Crippen molar-refractivity contribution in [3.05, 3.63) is 43.9 Å². The molecular weight excluding hydrogens is 213 g/mol. The van der Waals surface area contributed by atoms with Gasteiger partial charge in [-0.3, -0.25) is 4.98 Å². The van der Waals surface area contributed by atoms with E-state index in [1.165, 1.54) is 0 Å². The van der Waals surface area contributed by atoms with E-state index < -0.39 is 17.2 Å². The van der Waals surface area contributed by atoms with Crippen molar-refractivity contribution in [3.8, 4) is 0 Å². The molecule has 0 unspecified atom stereocenters. The molecule has 0 bridgehead atoms. The third-order valence-electron chi connectivity index (χ3n) is 1.68. The van der Waals surface area contributed by atoms with Crippen LogP contribution in [0.1, 0.15) is 0 Å². The van der Waals surface area contributed by atoms with Crippen LogP contribution in [0.2, 0.25) is 5.02 Å². The Kier molecular flexibility index (Phi) is 1.89. The Morgan fingerprint density at radius 3 is 2.79 bits per heavy atom. The van der Waals surface area contributed by atoms with Gasteiger partial charge in [0, 0.05) is 0 Å². The Hall–Kier alpha value is -1.62. The van der Waals surface area contributed by atoms with Crippen LogP contribution in [0.25, 0.3) is 10.9 Å². The van der Waals surface area contributed by atoms with Gasteiger partial charge in [0.25, 0.3) is 0 Å². The number of aromatic amines is 1. The summed E-state index contributed by atoms with van der Waals surface area (Å²) in [6.07, 6.45) is 0. The van der Waals surface area contributed by atoms with Gasteiger partial charge in [-0.15, -0.1) is 0 Å². The summed E-state index contributed by atoms with van der Waals surface area (Å²) in [5.74, 6) is -1.58. The van der Waals surface area contributed by atoms with Crippen LogP contribution < -0.4 is 11.4 Å². The van der Waals surface area contributed by atoms with Gasteiger partial charge >= 0.3 is 11.4 Å². The average molecular weight is 216 g/mol. The second kappa shape index (κ2) is 2.95. The van der Waals surface area contributed by atoms with E-state index in [1.807, 2.05) is 0 Å². The number of fused-ring (bicyclic) bond motifs is 1. The minimum atomic E-state index is -0.941. The van der Waals surface area contributed by atoms with Crippen LogP contribution in [0, 0.1) is 5.82 Å². The Morgan fingerprint density at radius 2 is 2.07 bits per heavy atom. The van der Waals surface area contributed by atoms with E-state index >= 15 is 0 Å². The molecular formula is C8H3ClFNO3. The molecule has 0 fully saturated rings. The van der Waals surface area contributed by atoms with Crippen LogP contribution >= 0.6 is 11.6 Å². The summed E-state index contributed by atoms with van der Waals surface area (Å²) >= 11 is 5.60. The summed E-state index contributed by atoms with van der Waals surface area (Å²) in [5.41, 5.74) is -0.856. The lowest BCUT2D eigenvalue weighted by Crippen LogP contribution is -2.14. The molecule has 0 aliphatic heterocycles. The predicted octanol–water partition coefficient (Wildman–Crippen LogP) is 1.27. The number of aromatic nitrogens is 1. The number of nitrogens with one attached hydrogen (secondary N) is 1. The van der Waals surface area contributed by atoms with Gasteiger partial charge in [0.15, 0.2) is 0 Å². The zero-order valence-corrected chi connectivity index (χ0v) is 7.39. The molecule has 2 aromatic rings. The topological polar surface area (TPSA) is 63.1 Å². The fourth-order valence-corrected chi connectivity index (χ4v) is 1.43. The van der Waals surface area contributed by atoms with Gasteiger partial charge in [0.05, 0.1) is 10.5 Å². The van der Waals surface area contributed by atoms with Gasteiger partial charge in [-0.1, -0.05) is 11.6 Å². The first kappa shape index (κ1) is 8.96. The van der Waals surface area contributed by atoms with E-state index in [4.69, 9.17) is 11.6 Å². The molecule has 1 aromatic heterocycles. The zero-order valence-electron chi connectivity index (χ0n) is 6.64. The lowest BCUT2D eigenvalue weighted by Gasteiger charge is -1.97. The fourth-order valence-electron chi connectivity index (χ4n) is 1.15. The van der Waals surface area contributed by atoms with Crippen LogP contribution in [0.15, 0.2) is 26.1 Å². The summed E-state index contributed by atoms with van der Waals surface area (Å²) in [5, 5.41) is -0.127. The van der Waals surface area contributed by atoms with Crippen LogP contribution in [0.4, 0.5) is 4.39 Å². The first-order valence-corrected chi connectivity index (χ1v) is 3.98. The molecule has 0 saturated heterocycles. The molecule has 72 valence electrons. The third kappa shape index (κ3) is 1.31. The molecule has 1 aromatic carbocycles. The highest BCUT2D eigenvalue weighted by molar-refractivity contribution is 6.35. The smallest absolute Gasteiger partial charge is 0.372 e. The SMILES string of the molecule is O=c1[nH]c2cc(F)cc(Cl)c2c(=O)o1. The fraction of sp³-hybridized carbons (Fsp3) is 0. The standard InChI is InChI=1S/C8H3ClFNO3/c9-4-1-3(10)2-5-6(4)7(12)14-8(13)11-5/h1-2H,(H,11,13). The van der Waals surface area contributed by atoms with Crippen molar-refractivity contribution in [2.75, 3.05) is 0 Å². The third-order valence-corrected chi connectivity index (χ3v) is 1.98. The molecule has 2 rings (SSSR count). The van der Waals surface area contributed by atoms with E-state index in [1.54, 1.807) is 0 Å². The summed E-state index contributed by atoms with van der Waals surface area (Å²) in [7, 11) is 0. The number of rotatable bonds is 0. The Morgan fingerprint density at radius 1 is 1.36 bits per heavy atom. The zero-order chi connectivity index (χ0) is 10.3. The number of benzene rings is 1. The molecule has 4 nitrogen and oxygen atoms in total. The number of halogens is 2. The van der Waals surface area contributed by atoms with Crippen molar-refractivity contribution in [2.24, 2.45) is 0 Å². The maximum atomic E-state index is 12.8. The van der Waals surface area contributed by atoms with Gasteiger partial charge in [0.2, 0.25) is 0 Å². The van der Waals surface area contributed by atoms with Crippen molar-refractivity contribution in [1.82, 2.24) is 4.98 Å². The second-order valence-corrected chi connectivity index (χ2v) is 3.02. The molecule has 0 spiro atoms. The molecule has 0 radical (unpaired) electrons. The van der Waals surface area contributed by atoms with Crippen molar-refractivity contribution < 1.29 is 8.81 Å². The highest BCUT2D eigenvalue weighted by Crippen LogP contribution is 2.19. The first-order chi connectivity index (χ1) is 6.58. The van der Waals surface area contributed by atoms with E-state index in [2.05, 4.69) is 9.40 Å². The van der Waals surface area contributed by atoms with E-state index in [0.717, 1.165) is 12.1 Å². The van der Waals surface area contributed by atoms with E-state index in [-0.39, 0.29) is 15.9 Å². The van der Waals surface area contributed by atoms with Gasteiger partial charge < -0.3 is 4.42 Å². The number of H-pyrrole nitrogens is 1. The predicted molar refractivity (Wildman–Crippen MR) is 48.1 cm³/mol. The molecule has 1 N–H and O–H groups in total. The molecule has 0 aliphatic carbocycles. The number of hydrogen-bond acceptors (Lipinski definition) is 3. The van der Waals surface area contributed by atoms with Gasteiger partial charge in [-0.05, 0) is 12.1 Å². The van der Waals surface area contributed by atoms with Crippen molar-refractivity contribution in [3.63, 3.8) is 0 Å². The van der Waals surface area contributed by atoms with Gasteiger partial charge in [0.1, 0.15) is 11.2 Å². The molecule has 0 aliphatic rings. The lowest BCUT2D eigenvalue weighted by atomic mass is 10.2. The highest BCUT2D eigenvalue weighted by Gasteiger charge is 2.08.